The molecule has 0 spiro atoms. The van der Waals surface area contributed by atoms with Crippen molar-refractivity contribution in [1.82, 2.24) is 5.32 Å². The maximum Gasteiger partial charge on any atom is 0.407 e. The summed E-state index contributed by atoms with van der Waals surface area (Å²) in [4.78, 5) is 22.7. The van der Waals surface area contributed by atoms with Crippen LogP contribution in [0.15, 0.2) is 48.5 Å². The molecule has 4 N–H and O–H groups in total. The summed E-state index contributed by atoms with van der Waals surface area (Å²) in [7, 11) is 0. The van der Waals surface area contributed by atoms with E-state index in [0.717, 1.165) is 5.56 Å². The van der Waals surface area contributed by atoms with Gasteiger partial charge in [-0.25, -0.2) is 9.59 Å². The Morgan fingerprint density at radius 2 is 1.81 bits per heavy atom. The summed E-state index contributed by atoms with van der Waals surface area (Å²) < 4.78 is 4.99. The number of aromatic carboxylic acids is 1. The number of aliphatic hydroxyl groups is 2. The van der Waals surface area contributed by atoms with Crippen LogP contribution >= 0.6 is 11.6 Å². The zero-order valence-electron chi connectivity index (χ0n) is 13.6. The Morgan fingerprint density at radius 1 is 1.12 bits per heavy atom. The predicted molar refractivity (Wildman–Crippen MR) is 94.0 cm³/mol. The standard InChI is InChI=1S/C18H18ClNO6/c19-14-7-6-12(17(23)24)8-13(14)16(22)15(21)9-20-18(25)26-10-11-4-2-1-3-5-11/h1-8,15-16,21-22H,9-10H2,(H,20,25)(H,23,24). The van der Waals surface area contributed by atoms with Crippen molar-refractivity contribution in [3.8, 4) is 0 Å². The summed E-state index contributed by atoms with van der Waals surface area (Å²) in [5, 5.41) is 31.6. The molecule has 0 aliphatic carbocycles. The van der Waals surface area contributed by atoms with E-state index in [0.29, 0.717) is 0 Å². The van der Waals surface area contributed by atoms with E-state index in [9.17, 15) is 19.8 Å². The lowest BCUT2D eigenvalue weighted by molar-refractivity contribution is 0.0184. The Bertz CT molecular complexity index is 768. The van der Waals surface area contributed by atoms with Crippen LogP contribution in [0, 0.1) is 0 Å². The SMILES string of the molecule is O=C(NCC(O)C(O)c1cc(C(=O)O)ccc1Cl)OCc1ccccc1. The van der Waals surface area contributed by atoms with Crippen molar-refractivity contribution in [1.29, 1.82) is 0 Å². The van der Waals surface area contributed by atoms with Crippen LogP contribution in [-0.2, 0) is 11.3 Å². The Labute approximate surface area is 154 Å². The van der Waals surface area contributed by atoms with Crippen molar-refractivity contribution in [2.45, 2.75) is 18.8 Å². The van der Waals surface area contributed by atoms with Crippen LogP contribution in [-0.4, -0.2) is 40.0 Å². The fraction of sp³-hybridized carbons (Fsp3) is 0.222. The van der Waals surface area contributed by atoms with Crippen molar-refractivity contribution in [2.75, 3.05) is 6.54 Å². The molecule has 2 aromatic carbocycles. The predicted octanol–water partition coefficient (Wildman–Crippen LogP) is 2.36. The average molecular weight is 380 g/mol. The lowest BCUT2D eigenvalue weighted by Gasteiger charge is -2.20. The van der Waals surface area contributed by atoms with E-state index in [2.05, 4.69) is 5.32 Å². The lowest BCUT2D eigenvalue weighted by atomic mass is 10.0. The number of carboxylic acids is 1. The molecule has 0 bridgehead atoms. The monoisotopic (exact) mass is 379 g/mol. The van der Waals surface area contributed by atoms with E-state index >= 15 is 0 Å². The number of halogens is 1. The summed E-state index contributed by atoms with van der Waals surface area (Å²) in [6.45, 7) is -0.236. The first-order chi connectivity index (χ1) is 12.4. The Balaban J connectivity index is 1.88. The molecule has 0 aromatic heterocycles. The molecule has 0 heterocycles. The molecule has 2 rings (SSSR count). The molecule has 8 heteroatoms. The number of aliphatic hydroxyl groups excluding tert-OH is 2. The van der Waals surface area contributed by atoms with Gasteiger partial charge in [-0.15, -0.1) is 0 Å². The molecule has 26 heavy (non-hydrogen) atoms. The average Bonchev–Trinajstić information content (AvgIpc) is 2.64. The molecule has 0 saturated heterocycles. The van der Waals surface area contributed by atoms with Gasteiger partial charge in [0.15, 0.2) is 0 Å². The van der Waals surface area contributed by atoms with Crippen LogP contribution < -0.4 is 5.32 Å². The highest BCUT2D eigenvalue weighted by Crippen LogP contribution is 2.26. The summed E-state index contributed by atoms with van der Waals surface area (Å²) in [6.07, 6.45) is -3.64. The van der Waals surface area contributed by atoms with Crippen molar-refractivity contribution in [2.24, 2.45) is 0 Å². The molecule has 138 valence electrons. The quantitative estimate of drug-likeness (QED) is 0.587. The number of nitrogens with one attached hydrogen (secondary N) is 1. The summed E-state index contributed by atoms with van der Waals surface area (Å²) >= 11 is 5.94. The van der Waals surface area contributed by atoms with Gasteiger partial charge in [0.05, 0.1) is 5.56 Å². The second-order valence-electron chi connectivity index (χ2n) is 5.50. The number of carbonyl (C=O) groups is 2. The molecule has 0 saturated carbocycles. The summed E-state index contributed by atoms with van der Waals surface area (Å²) in [5.74, 6) is -1.19. The van der Waals surface area contributed by atoms with E-state index in [1.807, 2.05) is 18.2 Å². The van der Waals surface area contributed by atoms with Gasteiger partial charge in [-0.05, 0) is 23.8 Å². The zero-order valence-corrected chi connectivity index (χ0v) is 14.4. The largest absolute Gasteiger partial charge is 0.478 e. The van der Waals surface area contributed by atoms with Crippen LogP contribution in [0.3, 0.4) is 0 Å². The fourth-order valence-corrected chi connectivity index (χ4v) is 2.41. The molecule has 2 aromatic rings. The van der Waals surface area contributed by atoms with Gasteiger partial charge >= 0.3 is 12.1 Å². The molecule has 7 nitrogen and oxygen atoms in total. The fourth-order valence-electron chi connectivity index (χ4n) is 2.18. The normalized spacial score (nSPS) is 12.9. The highest BCUT2D eigenvalue weighted by molar-refractivity contribution is 6.31. The third kappa shape index (κ3) is 5.45. The number of carboxylic acid groups (broad SMARTS) is 1. The molecule has 1 amide bonds. The van der Waals surface area contributed by atoms with Gasteiger partial charge in [0, 0.05) is 17.1 Å². The van der Waals surface area contributed by atoms with Crippen LogP contribution in [0.4, 0.5) is 4.79 Å². The molecular weight excluding hydrogens is 362 g/mol. The minimum Gasteiger partial charge on any atom is -0.478 e. The molecule has 2 unspecified atom stereocenters. The smallest absolute Gasteiger partial charge is 0.407 e. The van der Waals surface area contributed by atoms with Gasteiger partial charge in [-0.2, -0.15) is 0 Å². The molecule has 2 atom stereocenters. The number of alkyl carbamates (subject to hydrolysis) is 1. The number of amides is 1. The summed E-state index contributed by atoms with van der Waals surface area (Å²) in [5.41, 5.74) is 0.782. The number of rotatable bonds is 7. The first-order valence-electron chi connectivity index (χ1n) is 7.72. The summed E-state index contributed by atoms with van der Waals surface area (Å²) in [6, 6.07) is 12.8. The number of benzene rings is 2. The zero-order chi connectivity index (χ0) is 19.1. The van der Waals surface area contributed by atoms with Gasteiger partial charge in [-0.1, -0.05) is 41.9 Å². The third-order valence-electron chi connectivity index (χ3n) is 3.59. The van der Waals surface area contributed by atoms with Gasteiger partial charge in [-0.3, -0.25) is 0 Å². The molecule has 0 aliphatic heterocycles. The number of carbonyl (C=O) groups excluding carboxylic acids is 1. The third-order valence-corrected chi connectivity index (χ3v) is 3.94. The van der Waals surface area contributed by atoms with Gasteiger partial charge < -0.3 is 25.4 Å². The Hall–Kier alpha value is -2.61. The van der Waals surface area contributed by atoms with Crippen molar-refractivity contribution >= 4 is 23.7 Å². The van der Waals surface area contributed by atoms with Crippen LogP contribution in [0.1, 0.15) is 27.6 Å². The van der Waals surface area contributed by atoms with E-state index in [-0.39, 0.29) is 29.3 Å². The van der Waals surface area contributed by atoms with Crippen molar-refractivity contribution in [3.05, 3.63) is 70.2 Å². The number of hydrogen-bond donors (Lipinski definition) is 4. The highest BCUT2D eigenvalue weighted by atomic mass is 35.5. The maximum atomic E-state index is 11.7. The molecule has 0 fully saturated rings. The van der Waals surface area contributed by atoms with Crippen LogP contribution in [0.5, 0.6) is 0 Å². The van der Waals surface area contributed by atoms with Crippen molar-refractivity contribution < 1.29 is 29.6 Å². The highest BCUT2D eigenvalue weighted by Gasteiger charge is 2.23. The molecule has 0 radical (unpaired) electrons. The molecular formula is C18H18ClNO6. The second-order valence-corrected chi connectivity index (χ2v) is 5.90. The van der Waals surface area contributed by atoms with Crippen molar-refractivity contribution in [3.63, 3.8) is 0 Å². The van der Waals surface area contributed by atoms with Crippen LogP contribution in [0.2, 0.25) is 5.02 Å². The number of ether oxygens (including phenoxy) is 1. The number of hydrogen-bond acceptors (Lipinski definition) is 5. The van der Waals surface area contributed by atoms with Gasteiger partial charge in [0.25, 0.3) is 0 Å². The van der Waals surface area contributed by atoms with E-state index in [1.165, 1.54) is 18.2 Å². The van der Waals surface area contributed by atoms with Gasteiger partial charge in [0.2, 0.25) is 0 Å². The molecule has 0 aliphatic rings. The van der Waals surface area contributed by atoms with Crippen LogP contribution in [0.25, 0.3) is 0 Å². The minimum absolute atomic E-state index is 0.0542. The first-order valence-corrected chi connectivity index (χ1v) is 8.09. The second kappa shape index (κ2) is 9.19. The Morgan fingerprint density at radius 3 is 2.46 bits per heavy atom. The van der Waals surface area contributed by atoms with E-state index < -0.39 is 24.3 Å². The topological polar surface area (TPSA) is 116 Å². The van der Waals surface area contributed by atoms with E-state index in [4.69, 9.17) is 21.4 Å². The van der Waals surface area contributed by atoms with E-state index in [1.54, 1.807) is 12.1 Å². The Kier molecular flexibility index (Phi) is 6.97. The first kappa shape index (κ1) is 19.7. The maximum absolute atomic E-state index is 11.7. The van der Waals surface area contributed by atoms with Gasteiger partial charge in [0.1, 0.15) is 18.8 Å². The minimum atomic E-state index is -1.48. The lowest BCUT2D eigenvalue weighted by Crippen LogP contribution is -2.35.